The molecule has 0 atom stereocenters. The SMILES string of the molecule is C1CCCCCNCCCCC1.[Y]. The van der Waals surface area contributed by atoms with Gasteiger partial charge in [-0.2, -0.15) is 0 Å². The Morgan fingerprint density at radius 2 is 0.769 bits per heavy atom. The summed E-state index contributed by atoms with van der Waals surface area (Å²) in [5, 5.41) is 3.50. The van der Waals surface area contributed by atoms with Gasteiger partial charge in [-0.3, -0.25) is 0 Å². The van der Waals surface area contributed by atoms with Gasteiger partial charge in [0.1, 0.15) is 0 Å². The third kappa shape index (κ3) is 9.37. The Kier molecular flexibility index (Phi) is 12.1. The van der Waals surface area contributed by atoms with Crippen molar-refractivity contribution in [2.75, 3.05) is 13.1 Å². The molecule has 0 amide bonds. The average Bonchev–Trinajstić information content (AvgIpc) is 2.05. The van der Waals surface area contributed by atoms with Gasteiger partial charge in [0.2, 0.25) is 0 Å². The Hall–Kier alpha value is 1.06. The van der Waals surface area contributed by atoms with Gasteiger partial charge < -0.3 is 5.32 Å². The molecule has 1 rings (SSSR count). The van der Waals surface area contributed by atoms with Crippen LogP contribution in [-0.4, -0.2) is 13.1 Å². The van der Waals surface area contributed by atoms with E-state index in [9.17, 15) is 0 Å². The minimum absolute atomic E-state index is 0. The minimum atomic E-state index is 0. The van der Waals surface area contributed by atoms with Crippen LogP contribution in [0.15, 0.2) is 0 Å². The van der Waals surface area contributed by atoms with Crippen molar-refractivity contribution in [2.45, 2.75) is 57.8 Å². The molecular weight excluding hydrogens is 235 g/mol. The van der Waals surface area contributed by atoms with E-state index in [1.54, 1.807) is 0 Å². The summed E-state index contributed by atoms with van der Waals surface area (Å²) >= 11 is 0. The first-order valence-corrected chi connectivity index (χ1v) is 5.71. The zero-order chi connectivity index (χ0) is 8.49. The number of hydrogen-bond acceptors (Lipinski definition) is 1. The minimum Gasteiger partial charge on any atom is -0.317 e. The normalized spacial score (nSPS) is 22.2. The van der Waals surface area contributed by atoms with Crippen molar-refractivity contribution in [1.82, 2.24) is 5.32 Å². The molecule has 1 aliphatic rings. The molecule has 0 unspecified atom stereocenters. The van der Waals surface area contributed by atoms with Crippen molar-refractivity contribution in [3.63, 3.8) is 0 Å². The molecule has 1 saturated heterocycles. The zero-order valence-corrected chi connectivity index (χ0v) is 11.7. The number of hydrogen-bond donors (Lipinski definition) is 1. The Bertz CT molecular complexity index is 53.1. The second-order valence-electron chi connectivity index (χ2n) is 3.93. The first-order chi connectivity index (χ1) is 6.00. The summed E-state index contributed by atoms with van der Waals surface area (Å²) in [6.07, 6.45) is 13.0. The standard InChI is InChI=1S/C11H23N.Y/c1-2-4-6-8-10-12-11-9-7-5-3-1;/h12H,1-11H2;. The molecule has 0 bridgehead atoms. The maximum Gasteiger partial charge on any atom is 0 e. The fourth-order valence-electron chi connectivity index (χ4n) is 1.86. The third-order valence-electron chi connectivity index (χ3n) is 2.71. The van der Waals surface area contributed by atoms with Crippen molar-refractivity contribution in [1.29, 1.82) is 0 Å². The predicted molar refractivity (Wildman–Crippen MR) is 54.4 cm³/mol. The fourth-order valence-corrected chi connectivity index (χ4v) is 1.86. The van der Waals surface area contributed by atoms with Gasteiger partial charge in [-0.05, 0) is 25.9 Å². The van der Waals surface area contributed by atoms with Crippen LogP contribution in [-0.2, 0) is 32.7 Å². The molecule has 1 heterocycles. The molecule has 0 saturated carbocycles. The first-order valence-electron chi connectivity index (χ1n) is 5.71. The molecule has 75 valence electrons. The monoisotopic (exact) mass is 258 g/mol. The largest absolute Gasteiger partial charge is 0.317 e. The molecule has 1 fully saturated rings. The molecule has 0 spiro atoms. The summed E-state index contributed by atoms with van der Waals surface area (Å²) in [7, 11) is 0. The molecule has 1 aliphatic heterocycles. The van der Waals surface area contributed by atoms with E-state index in [1.165, 1.54) is 70.9 Å². The van der Waals surface area contributed by atoms with Gasteiger partial charge in [0, 0.05) is 32.7 Å². The van der Waals surface area contributed by atoms with Crippen LogP contribution < -0.4 is 5.32 Å². The Morgan fingerprint density at radius 3 is 1.15 bits per heavy atom. The first kappa shape index (κ1) is 14.1. The van der Waals surface area contributed by atoms with Crippen LogP contribution in [0, 0.1) is 0 Å². The molecule has 1 nitrogen and oxygen atoms in total. The van der Waals surface area contributed by atoms with Crippen LogP contribution in [0.5, 0.6) is 0 Å². The summed E-state index contributed by atoms with van der Waals surface area (Å²) in [6, 6.07) is 0. The van der Waals surface area contributed by atoms with Gasteiger partial charge in [0.15, 0.2) is 0 Å². The summed E-state index contributed by atoms with van der Waals surface area (Å²) in [6.45, 7) is 2.50. The second-order valence-corrected chi connectivity index (χ2v) is 3.93. The van der Waals surface area contributed by atoms with E-state index in [-0.39, 0.29) is 32.7 Å². The molecule has 0 aromatic rings. The van der Waals surface area contributed by atoms with Gasteiger partial charge >= 0.3 is 0 Å². The van der Waals surface area contributed by atoms with Crippen molar-refractivity contribution in [3.8, 4) is 0 Å². The Labute approximate surface area is 108 Å². The summed E-state index contributed by atoms with van der Waals surface area (Å²) in [5.41, 5.74) is 0. The summed E-state index contributed by atoms with van der Waals surface area (Å²) in [4.78, 5) is 0. The molecular formula is C11H23NY. The van der Waals surface area contributed by atoms with Gasteiger partial charge in [-0.25, -0.2) is 0 Å². The van der Waals surface area contributed by atoms with E-state index in [1.807, 2.05) is 0 Å². The van der Waals surface area contributed by atoms with E-state index in [4.69, 9.17) is 0 Å². The van der Waals surface area contributed by atoms with Crippen molar-refractivity contribution >= 4 is 0 Å². The maximum absolute atomic E-state index is 3.50. The Balaban J connectivity index is 0.00000144. The van der Waals surface area contributed by atoms with E-state index >= 15 is 0 Å². The van der Waals surface area contributed by atoms with Gasteiger partial charge in [-0.15, -0.1) is 0 Å². The van der Waals surface area contributed by atoms with E-state index in [0.29, 0.717) is 0 Å². The molecule has 1 radical (unpaired) electrons. The Morgan fingerprint density at radius 1 is 0.462 bits per heavy atom. The summed E-state index contributed by atoms with van der Waals surface area (Å²) < 4.78 is 0. The van der Waals surface area contributed by atoms with Gasteiger partial charge in [-0.1, -0.05) is 44.9 Å². The predicted octanol–water partition coefficient (Wildman–Crippen LogP) is 3.10. The van der Waals surface area contributed by atoms with Crippen LogP contribution in [0.1, 0.15) is 57.8 Å². The fraction of sp³-hybridized carbons (Fsp3) is 1.00. The van der Waals surface area contributed by atoms with Crippen LogP contribution >= 0.6 is 0 Å². The molecule has 0 aliphatic carbocycles. The van der Waals surface area contributed by atoms with E-state index in [0.717, 1.165) is 0 Å². The second kappa shape index (κ2) is 11.1. The maximum atomic E-state index is 3.50. The van der Waals surface area contributed by atoms with E-state index in [2.05, 4.69) is 5.32 Å². The summed E-state index contributed by atoms with van der Waals surface area (Å²) in [5.74, 6) is 0. The van der Waals surface area contributed by atoms with E-state index < -0.39 is 0 Å². The smallest absolute Gasteiger partial charge is 0 e. The molecule has 2 heteroatoms. The van der Waals surface area contributed by atoms with Crippen LogP contribution in [0.3, 0.4) is 0 Å². The van der Waals surface area contributed by atoms with Crippen LogP contribution in [0.2, 0.25) is 0 Å². The van der Waals surface area contributed by atoms with Gasteiger partial charge in [0.05, 0.1) is 0 Å². The van der Waals surface area contributed by atoms with Crippen LogP contribution in [0.4, 0.5) is 0 Å². The van der Waals surface area contributed by atoms with Crippen molar-refractivity contribution < 1.29 is 32.7 Å². The van der Waals surface area contributed by atoms with Crippen molar-refractivity contribution in [2.24, 2.45) is 0 Å². The van der Waals surface area contributed by atoms with Gasteiger partial charge in [0.25, 0.3) is 0 Å². The molecule has 1 N–H and O–H groups in total. The molecule has 13 heavy (non-hydrogen) atoms. The van der Waals surface area contributed by atoms with Crippen LogP contribution in [0.25, 0.3) is 0 Å². The van der Waals surface area contributed by atoms with Crippen molar-refractivity contribution in [3.05, 3.63) is 0 Å². The molecule has 0 aromatic heterocycles. The number of rotatable bonds is 0. The third-order valence-corrected chi connectivity index (χ3v) is 2.71. The molecule has 0 aromatic carbocycles. The average molecular weight is 258 g/mol. The number of nitrogens with one attached hydrogen (secondary N) is 1. The topological polar surface area (TPSA) is 12.0 Å². The quantitative estimate of drug-likeness (QED) is 0.704. The zero-order valence-electron chi connectivity index (χ0n) is 8.86.